The number of anilines is 1. The van der Waals surface area contributed by atoms with E-state index in [-0.39, 0.29) is 24.0 Å². The highest BCUT2D eigenvalue weighted by Crippen LogP contribution is 2.23. The minimum Gasteiger partial charge on any atom is -0.369 e. The Labute approximate surface area is 193 Å². The molecule has 0 radical (unpaired) electrons. The van der Waals surface area contributed by atoms with Crippen LogP contribution in [-0.2, 0) is 0 Å². The van der Waals surface area contributed by atoms with Gasteiger partial charge < -0.3 is 20.4 Å². The smallest absolute Gasteiger partial charge is 0.191 e. The summed E-state index contributed by atoms with van der Waals surface area (Å²) in [6, 6.07) is 9.12. The molecule has 2 rings (SSSR count). The molecule has 1 heterocycles. The van der Waals surface area contributed by atoms with E-state index < -0.39 is 0 Å². The van der Waals surface area contributed by atoms with Gasteiger partial charge in [-0.25, -0.2) is 0 Å². The fourth-order valence-electron chi connectivity index (χ4n) is 3.22. The molecule has 2 N–H and O–H groups in total. The predicted octanol–water partition coefficient (Wildman–Crippen LogP) is 4.21. The summed E-state index contributed by atoms with van der Waals surface area (Å²) in [5.74, 6) is 0.938. The van der Waals surface area contributed by atoms with E-state index in [9.17, 15) is 0 Å². The van der Waals surface area contributed by atoms with Crippen LogP contribution in [-0.4, -0.2) is 62.7 Å². The van der Waals surface area contributed by atoms with Crippen LogP contribution in [0.15, 0.2) is 29.3 Å². The summed E-state index contributed by atoms with van der Waals surface area (Å²) in [5.41, 5.74) is 1.20. The molecule has 5 nitrogen and oxygen atoms in total. The van der Waals surface area contributed by atoms with Gasteiger partial charge in [-0.1, -0.05) is 17.7 Å². The average molecular weight is 522 g/mol. The van der Waals surface area contributed by atoms with Crippen molar-refractivity contribution >= 4 is 47.2 Å². The van der Waals surface area contributed by atoms with E-state index >= 15 is 0 Å². The lowest BCUT2D eigenvalue weighted by atomic mass is 10.2. The van der Waals surface area contributed by atoms with Crippen LogP contribution in [0.1, 0.15) is 40.0 Å². The molecule has 160 valence electrons. The van der Waals surface area contributed by atoms with E-state index in [4.69, 9.17) is 16.6 Å². The molecule has 7 heteroatoms. The van der Waals surface area contributed by atoms with Crippen molar-refractivity contribution in [1.29, 1.82) is 0 Å². The molecule has 1 aliphatic rings. The second-order valence-electron chi connectivity index (χ2n) is 7.60. The molecule has 1 saturated heterocycles. The van der Waals surface area contributed by atoms with Crippen LogP contribution in [0.2, 0.25) is 5.02 Å². The van der Waals surface area contributed by atoms with E-state index in [1.807, 2.05) is 18.2 Å². The Hall–Kier alpha value is -0.730. The molecule has 1 atom stereocenters. The molecule has 1 aromatic carbocycles. The second-order valence-corrected chi connectivity index (χ2v) is 8.03. The van der Waals surface area contributed by atoms with E-state index in [0.29, 0.717) is 12.1 Å². The Balaban J connectivity index is 0.00000392. The molecule has 0 amide bonds. The Morgan fingerprint density at radius 3 is 2.82 bits per heavy atom. The normalized spacial score (nSPS) is 17.2. The van der Waals surface area contributed by atoms with Gasteiger partial charge in [-0.05, 0) is 71.8 Å². The molecule has 0 bridgehead atoms. The van der Waals surface area contributed by atoms with Gasteiger partial charge in [0.15, 0.2) is 5.96 Å². The Morgan fingerprint density at radius 1 is 1.36 bits per heavy atom. The van der Waals surface area contributed by atoms with Gasteiger partial charge in [-0.3, -0.25) is 4.99 Å². The zero-order valence-electron chi connectivity index (χ0n) is 17.7. The van der Waals surface area contributed by atoms with Gasteiger partial charge in [0.1, 0.15) is 0 Å². The van der Waals surface area contributed by atoms with Crippen LogP contribution in [0.5, 0.6) is 0 Å². The summed E-state index contributed by atoms with van der Waals surface area (Å²) < 4.78 is 0. The first-order valence-corrected chi connectivity index (χ1v) is 10.6. The van der Waals surface area contributed by atoms with Crippen LogP contribution in [0.25, 0.3) is 0 Å². The number of guanidine groups is 1. The summed E-state index contributed by atoms with van der Waals surface area (Å²) >= 11 is 6.13. The van der Waals surface area contributed by atoms with Gasteiger partial charge >= 0.3 is 0 Å². The van der Waals surface area contributed by atoms with Gasteiger partial charge in [-0.15, -0.1) is 24.0 Å². The fourth-order valence-corrected chi connectivity index (χ4v) is 3.41. The molecule has 0 spiro atoms. The number of aliphatic imine (C=N–C) groups is 1. The first kappa shape index (κ1) is 25.3. The maximum Gasteiger partial charge on any atom is 0.191 e. The summed E-state index contributed by atoms with van der Waals surface area (Å²) in [7, 11) is 2.19. The third kappa shape index (κ3) is 8.74. The summed E-state index contributed by atoms with van der Waals surface area (Å²) in [6.07, 6.45) is 3.41. The fraction of sp³-hybridized carbons (Fsp3) is 0.667. The summed E-state index contributed by atoms with van der Waals surface area (Å²) in [5, 5.41) is 7.78. The SMILES string of the molecule is CCNC(=NCCCCN(C)C(C)C)NC1CCN(c2cccc(Cl)c2)C1.I. The summed E-state index contributed by atoms with van der Waals surface area (Å²) in [6.45, 7) is 11.5. The Kier molecular flexibility index (Phi) is 12.2. The molecular weight excluding hydrogens is 485 g/mol. The van der Waals surface area contributed by atoms with E-state index in [1.165, 1.54) is 12.1 Å². The molecule has 1 aliphatic heterocycles. The average Bonchev–Trinajstić information content (AvgIpc) is 3.10. The Morgan fingerprint density at radius 2 is 2.14 bits per heavy atom. The minimum atomic E-state index is 0. The third-order valence-corrected chi connectivity index (χ3v) is 5.35. The van der Waals surface area contributed by atoms with Crippen molar-refractivity contribution in [2.45, 2.75) is 52.1 Å². The number of nitrogens with one attached hydrogen (secondary N) is 2. The van der Waals surface area contributed by atoms with Crippen molar-refractivity contribution in [2.24, 2.45) is 4.99 Å². The van der Waals surface area contributed by atoms with Crippen molar-refractivity contribution in [1.82, 2.24) is 15.5 Å². The van der Waals surface area contributed by atoms with Gasteiger partial charge in [-0.2, -0.15) is 0 Å². The predicted molar refractivity (Wildman–Crippen MR) is 134 cm³/mol. The zero-order valence-corrected chi connectivity index (χ0v) is 20.8. The number of unbranched alkanes of at least 4 members (excludes halogenated alkanes) is 1. The first-order valence-electron chi connectivity index (χ1n) is 10.2. The molecule has 0 aromatic heterocycles. The topological polar surface area (TPSA) is 42.9 Å². The van der Waals surface area contributed by atoms with Crippen molar-refractivity contribution in [3.8, 4) is 0 Å². The monoisotopic (exact) mass is 521 g/mol. The molecule has 28 heavy (non-hydrogen) atoms. The quantitative estimate of drug-likeness (QED) is 0.221. The molecule has 1 aromatic rings. The minimum absolute atomic E-state index is 0. The number of hydrogen-bond acceptors (Lipinski definition) is 3. The number of hydrogen-bond donors (Lipinski definition) is 2. The van der Waals surface area contributed by atoms with Gasteiger partial charge in [0.2, 0.25) is 0 Å². The molecule has 1 unspecified atom stereocenters. The van der Waals surface area contributed by atoms with E-state index in [2.05, 4.69) is 54.3 Å². The standard InChI is InChI=1S/C21H36ClN5.HI/c1-5-23-21(24-12-6-7-13-26(4)17(2)3)25-19-11-14-27(16-19)20-10-8-9-18(22)15-20;/h8-10,15,17,19H,5-7,11-14,16H2,1-4H3,(H2,23,24,25);1H. The molecular formula is C21H37ClIN5. The lowest BCUT2D eigenvalue weighted by Gasteiger charge is -2.21. The van der Waals surface area contributed by atoms with Gasteiger partial charge in [0.25, 0.3) is 0 Å². The van der Waals surface area contributed by atoms with Crippen molar-refractivity contribution < 1.29 is 0 Å². The Bertz CT molecular complexity index is 596. The molecule has 0 saturated carbocycles. The van der Waals surface area contributed by atoms with Crippen LogP contribution in [0.3, 0.4) is 0 Å². The molecule has 1 fully saturated rings. The highest BCUT2D eigenvalue weighted by atomic mass is 127. The van der Waals surface area contributed by atoms with E-state index in [1.54, 1.807) is 0 Å². The highest BCUT2D eigenvalue weighted by Gasteiger charge is 2.23. The first-order chi connectivity index (χ1) is 13.0. The maximum absolute atomic E-state index is 6.13. The summed E-state index contributed by atoms with van der Waals surface area (Å²) in [4.78, 5) is 9.54. The number of benzene rings is 1. The van der Waals surface area contributed by atoms with Crippen LogP contribution in [0.4, 0.5) is 5.69 Å². The largest absolute Gasteiger partial charge is 0.369 e. The number of nitrogens with zero attached hydrogens (tertiary/aromatic N) is 3. The lowest BCUT2D eigenvalue weighted by molar-refractivity contribution is 0.269. The van der Waals surface area contributed by atoms with Crippen molar-refractivity contribution in [2.75, 3.05) is 44.7 Å². The van der Waals surface area contributed by atoms with Crippen molar-refractivity contribution in [3.63, 3.8) is 0 Å². The number of rotatable bonds is 9. The van der Waals surface area contributed by atoms with Crippen LogP contribution >= 0.6 is 35.6 Å². The van der Waals surface area contributed by atoms with Crippen molar-refractivity contribution in [3.05, 3.63) is 29.3 Å². The maximum atomic E-state index is 6.13. The zero-order chi connectivity index (χ0) is 19.6. The van der Waals surface area contributed by atoms with Gasteiger partial charge in [0, 0.05) is 49.0 Å². The van der Waals surface area contributed by atoms with Gasteiger partial charge in [0.05, 0.1) is 0 Å². The lowest BCUT2D eigenvalue weighted by Crippen LogP contribution is -2.44. The number of halogens is 2. The highest BCUT2D eigenvalue weighted by molar-refractivity contribution is 14.0. The third-order valence-electron chi connectivity index (χ3n) is 5.12. The van der Waals surface area contributed by atoms with Crippen LogP contribution < -0.4 is 15.5 Å². The van der Waals surface area contributed by atoms with E-state index in [0.717, 1.165) is 56.5 Å². The second kappa shape index (κ2) is 13.5. The van der Waals surface area contributed by atoms with Crippen LogP contribution in [0, 0.1) is 0 Å². The molecule has 0 aliphatic carbocycles.